The van der Waals surface area contributed by atoms with E-state index >= 15 is 0 Å². The van der Waals surface area contributed by atoms with Crippen molar-refractivity contribution >= 4 is 18.2 Å². The molecule has 0 unspecified atom stereocenters. The number of ether oxygens (including phenoxy) is 1. The van der Waals surface area contributed by atoms with Crippen molar-refractivity contribution in [2.75, 3.05) is 0 Å². The Hall–Kier alpha value is -1.94. The van der Waals surface area contributed by atoms with E-state index in [1.54, 1.807) is 18.2 Å². The maximum Gasteiger partial charge on any atom is 0.298 e. The second-order valence-electron chi connectivity index (χ2n) is 3.30. The summed E-state index contributed by atoms with van der Waals surface area (Å²) >= 11 is 1.54. The number of rotatable bonds is 6. The Labute approximate surface area is 110 Å². The SMILES string of the molecule is C=C(O)/C=C\C(=C/C)Sc1ccc(OC=O)cc1. The summed E-state index contributed by atoms with van der Waals surface area (Å²) in [6.07, 6.45) is 5.25. The summed E-state index contributed by atoms with van der Waals surface area (Å²) in [4.78, 5) is 12.1. The van der Waals surface area contributed by atoms with E-state index in [-0.39, 0.29) is 5.76 Å². The molecular weight excluding hydrogens is 248 g/mol. The van der Waals surface area contributed by atoms with Gasteiger partial charge in [-0.15, -0.1) is 0 Å². The van der Waals surface area contributed by atoms with Crippen molar-refractivity contribution in [3.8, 4) is 5.75 Å². The number of hydrogen-bond donors (Lipinski definition) is 1. The lowest BCUT2D eigenvalue weighted by molar-refractivity contribution is -0.120. The van der Waals surface area contributed by atoms with E-state index in [1.807, 2.05) is 25.1 Å². The first kappa shape index (κ1) is 14.1. The van der Waals surface area contributed by atoms with Gasteiger partial charge in [0.05, 0.1) is 0 Å². The van der Waals surface area contributed by atoms with E-state index in [1.165, 1.54) is 17.8 Å². The number of allylic oxidation sites excluding steroid dienone is 3. The number of hydrogen-bond acceptors (Lipinski definition) is 4. The Kier molecular flexibility index (Phi) is 5.80. The van der Waals surface area contributed by atoms with Gasteiger partial charge >= 0.3 is 0 Å². The second-order valence-corrected chi connectivity index (χ2v) is 4.45. The molecule has 0 aromatic heterocycles. The van der Waals surface area contributed by atoms with Crippen molar-refractivity contribution in [1.82, 2.24) is 0 Å². The van der Waals surface area contributed by atoms with Gasteiger partial charge in [-0.05, 0) is 43.3 Å². The fraction of sp³-hybridized carbons (Fsp3) is 0.0714. The largest absolute Gasteiger partial charge is 0.509 e. The lowest BCUT2D eigenvalue weighted by Gasteiger charge is -2.03. The summed E-state index contributed by atoms with van der Waals surface area (Å²) in [6.45, 7) is 5.69. The molecule has 4 heteroatoms. The predicted molar refractivity (Wildman–Crippen MR) is 73.7 cm³/mol. The number of benzene rings is 1. The predicted octanol–water partition coefficient (Wildman–Crippen LogP) is 3.85. The van der Waals surface area contributed by atoms with Crippen LogP contribution in [0.25, 0.3) is 0 Å². The monoisotopic (exact) mass is 262 g/mol. The molecule has 0 atom stereocenters. The molecule has 0 spiro atoms. The van der Waals surface area contributed by atoms with Crippen LogP contribution in [0, 0.1) is 0 Å². The van der Waals surface area contributed by atoms with Gasteiger partial charge in [0, 0.05) is 9.80 Å². The molecule has 0 saturated carbocycles. The molecule has 18 heavy (non-hydrogen) atoms. The third-order valence-electron chi connectivity index (χ3n) is 1.97. The van der Waals surface area contributed by atoms with Gasteiger partial charge in [0.15, 0.2) is 0 Å². The molecule has 0 radical (unpaired) electrons. The Balaban J connectivity index is 2.71. The Morgan fingerprint density at radius 1 is 1.33 bits per heavy atom. The summed E-state index contributed by atoms with van der Waals surface area (Å²) in [7, 11) is 0. The van der Waals surface area contributed by atoms with Crippen LogP contribution in [-0.4, -0.2) is 11.6 Å². The molecule has 0 saturated heterocycles. The maximum absolute atomic E-state index is 10.2. The van der Waals surface area contributed by atoms with Crippen molar-refractivity contribution in [3.05, 3.63) is 59.7 Å². The van der Waals surface area contributed by atoms with Crippen LogP contribution < -0.4 is 4.74 Å². The average molecular weight is 262 g/mol. The summed E-state index contributed by atoms with van der Waals surface area (Å²) in [6, 6.07) is 7.15. The molecule has 1 aromatic carbocycles. The molecule has 94 valence electrons. The number of thioether (sulfide) groups is 1. The van der Waals surface area contributed by atoms with Crippen LogP contribution in [0.15, 0.2) is 64.6 Å². The van der Waals surface area contributed by atoms with Crippen LogP contribution in [0.4, 0.5) is 0 Å². The molecule has 1 rings (SSSR count). The number of aliphatic hydroxyl groups excluding tert-OH is 1. The smallest absolute Gasteiger partial charge is 0.298 e. The zero-order chi connectivity index (χ0) is 13.4. The lowest BCUT2D eigenvalue weighted by Crippen LogP contribution is -1.87. The fourth-order valence-corrected chi connectivity index (χ4v) is 1.94. The second kappa shape index (κ2) is 7.40. The van der Waals surface area contributed by atoms with Crippen molar-refractivity contribution in [3.63, 3.8) is 0 Å². The van der Waals surface area contributed by atoms with Crippen molar-refractivity contribution in [1.29, 1.82) is 0 Å². The first-order chi connectivity index (χ1) is 8.65. The van der Waals surface area contributed by atoms with E-state index < -0.39 is 0 Å². The summed E-state index contributed by atoms with van der Waals surface area (Å²) in [5.41, 5.74) is 0. The minimum atomic E-state index is 0.0182. The fourth-order valence-electron chi connectivity index (χ4n) is 1.15. The highest BCUT2D eigenvalue weighted by molar-refractivity contribution is 8.03. The topological polar surface area (TPSA) is 46.5 Å². The molecule has 3 nitrogen and oxygen atoms in total. The van der Waals surface area contributed by atoms with Gasteiger partial charge in [0.1, 0.15) is 11.5 Å². The average Bonchev–Trinajstić information content (AvgIpc) is 2.36. The van der Waals surface area contributed by atoms with Crippen LogP contribution in [0.5, 0.6) is 5.75 Å². The summed E-state index contributed by atoms with van der Waals surface area (Å²) in [5.74, 6) is 0.528. The highest BCUT2D eigenvalue weighted by Crippen LogP contribution is 2.28. The summed E-state index contributed by atoms with van der Waals surface area (Å²) in [5, 5.41) is 8.99. The number of aliphatic hydroxyl groups is 1. The van der Waals surface area contributed by atoms with Crippen LogP contribution >= 0.6 is 11.8 Å². The van der Waals surface area contributed by atoms with Crippen molar-refractivity contribution in [2.24, 2.45) is 0 Å². The van der Waals surface area contributed by atoms with Crippen LogP contribution in [0.1, 0.15) is 6.92 Å². The van der Waals surface area contributed by atoms with Crippen molar-refractivity contribution in [2.45, 2.75) is 11.8 Å². The zero-order valence-electron chi connectivity index (χ0n) is 10.00. The molecule has 0 aliphatic carbocycles. The van der Waals surface area contributed by atoms with E-state index in [4.69, 9.17) is 9.84 Å². The highest BCUT2D eigenvalue weighted by atomic mass is 32.2. The van der Waals surface area contributed by atoms with Gasteiger partial charge in [0.2, 0.25) is 0 Å². The molecular formula is C14H14O3S. The van der Waals surface area contributed by atoms with Gasteiger partial charge < -0.3 is 9.84 Å². The lowest BCUT2D eigenvalue weighted by atomic mass is 10.3. The first-order valence-electron chi connectivity index (χ1n) is 5.26. The van der Waals surface area contributed by atoms with Crippen LogP contribution in [0.2, 0.25) is 0 Å². The van der Waals surface area contributed by atoms with Gasteiger partial charge in [0.25, 0.3) is 6.47 Å². The number of carbonyl (C=O) groups is 1. The molecule has 0 aliphatic heterocycles. The van der Waals surface area contributed by atoms with Gasteiger partial charge in [-0.1, -0.05) is 24.4 Å². The van der Waals surface area contributed by atoms with Gasteiger partial charge in [-0.3, -0.25) is 4.79 Å². The normalized spacial score (nSPS) is 11.5. The third kappa shape index (κ3) is 4.93. The minimum absolute atomic E-state index is 0.0182. The highest BCUT2D eigenvalue weighted by Gasteiger charge is 1.98. The van der Waals surface area contributed by atoms with Gasteiger partial charge in [-0.2, -0.15) is 0 Å². The van der Waals surface area contributed by atoms with E-state index in [0.29, 0.717) is 12.2 Å². The quantitative estimate of drug-likeness (QED) is 0.366. The summed E-state index contributed by atoms with van der Waals surface area (Å²) < 4.78 is 4.71. The molecule has 1 N–H and O–H groups in total. The molecule has 0 aliphatic rings. The Morgan fingerprint density at radius 2 is 2.00 bits per heavy atom. The minimum Gasteiger partial charge on any atom is -0.509 e. The molecule has 1 aromatic rings. The third-order valence-corrected chi connectivity index (χ3v) is 3.08. The van der Waals surface area contributed by atoms with Crippen molar-refractivity contribution < 1.29 is 14.6 Å². The molecule has 0 heterocycles. The molecule has 0 fully saturated rings. The maximum atomic E-state index is 10.2. The van der Waals surface area contributed by atoms with E-state index in [9.17, 15) is 4.79 Å². The Bertz CT molecular complexity index is 472. The Morgan fingerprint density at radius 3 is 2.50 bits per heavy atom. The number of carbonyl (C=O) groups excluding carboxylic acids is 1. The molecule has 0 amide bonds. The van der Waals surface area contributed by atoms with E-state index in [2.05, 4.69) is 6.58 Å². The first-order valence-corrected chi connectivity index (χ1v) is 6.08. The zero-order valence-corrected chi connectivity index (χ0v) is 10.8. The van der Waals surface area contributed by atoms with Crippen LogP contribution in [-0.2, 0) is 4.79 Å². The van der Waals surface area contributed by atoms with Crippen LogP contribution in [0.3, 0.4) is 0 Å². The van der Waals surface area contributed by atoms with Gasteiger partial charge in [-0.25, -0.2) is 0 Å². The van der Waals surface area contributed by atoms with E-state index in [0.717, 1.165) is 9.80 Å². The molecule has 0 bridgehead atoms. The standard InChI is InChI=1S/C14H14O3S/c1-3-13(7-4-11(2)16)18-14-8-5-12(6-9-14)17-10-15/h3-10,16H,2H2,1H3/b7-4-,13-3+.